The monoisotopic (exact) mass is 557 g/mol. The molecule has 7 heteroatoms. The predicted octanol–water partition coefficient (Wildman–Crippen LogP) is 7.12. The molecule has 2 aliphatic rings. The van der Waals surface area contributed by atoms with Crippen LogP contribution in [-0.4, -0.2) is 33.1 Å². The van der Waals surface area contributed by atoms with Crippen molar-refractivity contribution in [2.24, 2.45) is 0 Å². The number of carbonyl (C=O) groups excluding carboxylic acids is 2. The molecule has 2 aliphatic heterocycles. The summed E-state index contributed by atoms with van der Waals surface area (Å²) in [6.07, 6.45) is 1.43. The fraction of sp³-hybridized carbons (Fsp3) is 0.344. The fourth-order valence-electron chi connectivity index (χ4n) is 5.64. The first-order chi connectivity index (χ1) is 18.7. The zero-order valence-electron chi connectivity index (χ0n) is 22.6. The Bertz CT molecular complexity index is 1560. The number of carbonyl (C=O) groups is 2. The van der Waals surface area contributed by atoms with Crippen molar-refractivity contribution in [1.82, 2.24) is 14.8 Å². The van der Waals surface area contributed by atoms with E-state index < -0.39 is 0 Å². The minimum absolute atomic E-state index is 0.0429. The molecule has 0 atom stereocenters. The Morgan fingerprint density at radius 1 is 0.923 bits per heavy atom. The van der Waals surface area contributed by atoms with Gasteiger partial charge in [0.15, 0.2) is 0 Å². The molecule has 4 aromatic rings. The molecule has 4 heterocycles. The molecule has 1 saturated heterocycles. The maximum atomic E-state index is 12.4. The van der Waals surface area contributed by atoms with Crippen molar-refractivity contribution in [3.63, 3.8) is 0 Å². The molecule has 200 valence electrons. The van der Waals surface area contributed by atoms with Gasteiger partial charge < -0.3 is 0 Å². The Balaban J connectivity index is 1.45. The third-order valence-corrected chi connectivity index (χ3v) is 9.35. The van der Waals surface area contributed by atoms with E-state index in [1.54, 1.807) is 11.3 Å². The largest absolute Gasteiger partial charge is 0.294 e. The summed E-state index contributed by atoms with van der Waals surface area (Å²) in [5, 5.41) is 1.65. The van der Waals surface area contributed by atoms with Gasteiger partial charge in [0.1, 0.15) is 4.83 Å². The maximum Gasteiger partial charge on any atom is 0.230 e. The third-order valence-electron chi connectivity index (χ3n) is 7.83. The standard InChI is InChI=1S/C32H32ClN3O2S/c1-32(2,3)22-11-9-21(10-12-22)28-29-23-15-16-35(17-20-7-5-4-6-8-20)19-25(23)39-31(29)34-24(30(28)33)18-36-26(37)13-14-27(36)38/h4-12H,13-19H2,1-3H3. The molecule has 6 rings (SSSR count). The van der Waals surface area contributed by atoms with Crippen molar-refractivity contribution in [2.75, 3.05) is 6.54 Å². The quantitative estimate of drug-likeness (QED) is 0.245. The van der Waals surface area contributed by atoms with E-state index in [2.05, 4.69) is 80.3 Å². The average Bonchev–Trinajstić information content (AvgIpc) is 3.43. The van der Waals surface area contributed by atoms with E-state index in [0.29, 0.717) is 10.7 Å². The average molecular weight is 558 g/mol. The highest BCUT2D eigenvalue weighted by Crippen LogP contribution is 2.45. The molecule has 0 N–H and O–H groups in total. The van der Waals surface area contributed by atoms with E-state index in [-0.39, 0.29) is 36.6 Å². The molecule has 1 fully saturated rings. The Morgan fingerprint density at radius 2 is 1.62 bits per heavy atom. The topological polar surface area (TPSA) is 53.5 Å². The van der Waals surface area contributed by atoms with Crippen LogP contribution in [0.5, 0.6) is 0 Å². The van der Waals surface area contributed by atoms with Crippen molar-refractivity contribution in [3.05, 3.63) is 86.9 Å². The molecule has 2 aromatic heterocycles. The van der Waals surface area contributed by atoms with Crippen LogP contribution in [-0.2, 0) is 41.1 Å². The Kier molecular flexibility index (Phi) is 6.82. The first-order valence-electron chi connectivity index (χ1n) is 13.5. The first-order valence-corrected chi connectivity index (χ1v) is 14.7. The lowest BCUT2D eigenvalue weighted by Gasteiger charge is -2.27. The van der Waals surface area contributed by atoms with Crippen molar-refractivity contribution in [3.8, 4) is 11.1 Å². The molecule has 5 nitrogen and oxygen atoms in total. The number of imide groups is 1. The number of nitrogens with zero attached hydrogens (tertiary/aromatic N) is 3. The van der Waals surface area contributed by atoms with Crippen LogP contribution in [0.25, 0.3) is 21.3 Å². The zero-order chi connectivity index (χ0) is 27.3. The van der Waals surface area contributed by atoms with Gasteiger partial charge in [-0.05, 0) is 34.1 Å². The second-order valence-electron chi connectivity index (χ2n) is 11.6. The SMILES string of the molecule is CC(C)(C)c1ccc(-c2c(Cl)c(CN3C(=O)CCC3=O)nc3sc4c(c23)CCN(Cc2ccccc2)C4)cc1. The maximum absolute atomic E-state index is 12.4. The summed E-state index contributed by atoms with van der Waals surface area (Å²) < 4.78 is 0. The molecular formula is C32H32ClN3O2S. The lowest BCUT2D eigenvalue weighted by atomic mass is 9.86. The van der Waals surface area contributed by atoms with Gasteiger partial charge in [-0.15, -0.1) is 11.3 Å². The fourth-order valence-corrected chi connectivity index (χ4v) is 7.24. The summed E-state index contributed by atoms with van der Waals surface area (Å²) in [6, 6.07) is 19.2. The van der Waals surface area contributed by atoms with Crippen LogP contribution in [0.4, 0.5) is 0 Å². The summed E-state index contributed by atoms with van der Waals surface area (Å²) in [4.78, 5) is 35.9. The number of hydrogen-bond donors (Lipinski definition) is 0. The Hall–Kier alpha value is -3.06. The van der Waals surface area contributed by atoms with Crippen molar-refractivity contribution in [2.45, 2.75) is 65.1 Å². The molecule has 0 aliphatic carbocycles. The van der Waals surface area contributed by atoms with E-state index in [0.717, 1.165) is 47.4 Å². The number of likely N-dealkylation sites (tertiary alicyclic amines) is 1. The second kappa shape index (κ2) is 10.2. The van der Waals surface area contributed by atoms with E-state index in [4.69, 9.17) is 16.6 Å². The number of pyridine rings is 1. The molecule has 0 spiro atoms. The molecule has 0 unspecified atom stereocenters. The molecule has 0 bridgehead atoms. The number of thiophene rings is 1. The van der Waals surface area contributed by atoms with Gasteiger partial charge in [0.25, 0.3) is 0 Å². The summed E-state index contributed by atoms with van der Waals surface area (Å²) in [6.45, 7) is 9.47. The smallest absolute Gasteiger partial charge is 0.230 e. The lowest BCUT2D eigenvalue weighted by Crippen LogP contribution is -2.29. The lowest BCUT2D eigenvalue weighted by molar-refractivity contribution is -0.139. The van der Waals surface area contributed by atoms with Gasteiger partial charge in [-0.25, -0.2) is 4.98 Å². The van der Waals surface area contributed by atoms with Gasteiger partial charge >= 0.3 is 0 Å². The number of rotatable bonds is 5. The van der Waals surface area contributed by atoms with E-state index >= 15 is 0 Å². The van der Waals surface area contributed by atoms with Crippen LogP contribution < -0.4 is 0 Å². The molecule has 2 aromatic carbocycles. The van der Waals surface area contributed by atoms with Crippen molar-refractivity contribution < 1.29 is 9.59 Å². The summed E-state index contributed by atoms with van der Waals surface area (Å²) >= 11 is 8.86. The molecule has 0 saturated carbocycles. The highest BCUT2D eigenvalue weighted by atomic mass is 35.5. The van der Waals surface area contributed by atoms with Crippen LogP contribution >= 0.6 is 22.9 Å². The van der Waals surface area contributed by atoms with E-state index in [1.165, 1.54) is 26.5 Å². The Morgan fingerprint density at radius 3 is 2.28 bits per heavy atom. The first kappa shape index (κ1) is 26.2. The van der Waals surface area contributed by atoms with Gasteiger partial charge in [0.05, 0.1) is 17.3 Å². The van der Waals surface area contributed by atoms with Crippen LogP contribution in [0.1, 0.15) is 60.9 Å². The van der Waals surface area contributed by atoms with Crippen LogP contribution in [0.15, 0.2) is 54.6 Å². The van der Waals surface area contributed by atoms with Crippen LogP contribution in [0.2, 0.25) is 5.02 Å². The van der Waals surface area contributed by atoms with Gasteiger partial charge in [-0.3, -0.25) is 19.4 Å². The zero-order valence-corrected chi connectivity index (χ0v) is 24.2. The summed E-state index contributed by atoms with van der Waals surface area (Å²) in [5.74, 6) is -0.313. The predicted molar refractivity (Wildman–Crippen MR) is 158 cm³/mol. The highest BCUT2D eigenvalue weighted by Gasteiger charge is 2.32. The van der Waals surface area contributed by atoms with Gasteiger partial charge in [-0.1, -0.05) is 87.0 Å². The molecular weight excluding hydrogens is 526 g/mol. The normalized spacial score (nSPS) is 16.4. The van der Waals surface area contributed by atoms with E-state index in [9.17, 15) is 9.59 Å². The number of hydrogen-bond acceptors (Lipinski definition) is 5. The number of benzene rings is 2. The van der Waals surface area contributed by atoms with Gasteiger partial charge in [0, 0.05) is 48.3 Å². The van der Waals surface area contributed by atoms with Crippen molar-refractivity contribution >= 4 is 45.0 Å². The third kappa shape index (κ3) is 5.02. The Labute approximate surface area is 238 Å². The number of amides is 2. The number of fused-ring (bicyclic) bond motifs is 3. The molecule has 39 heavy (non-hydrogen) atoms. The van der Waals surface area contributed by atoms with Gasteiger partial charge in [0.2, 0.25) is 11.8 Å². The van der Waals surface area contributed by atoms with Crippen molar-refractivity contribution in [1.29, 1.82) is 0 Å². The number of aromatic nitrogens is 1. The second-order valence-corrected chi connectivity index (χ2v) is 13.0. The molecule has 2 amide bonds. The number of halogens is 1. The van der Waals surface area contributed by atoms with Gasteiger partial charge in [-0.2, -0.15) is 0 Å². The summed E-state index contributed by atoms with van der Waals surface area (Å²) in [7, 11) is 0. The minimum atomic E-state index is -0.156. The van der Waals surface area contributed by atoms with Crippen LogP contribution in [0, 0.1) is 0 Å². The van der Waals surface area contributed by atoms with E-state index in [1.807, 2.05) is 0 Å². The highest BCUT2D eigenvalue weighted by molar-refractivity contribution is 7.19. The summed E-state index contributed by atoms with van der Waals surface area (Å²) in [5.41, 5.74) is 6.51. The molecule has 0 radical (unpaired) electrons. The van der Waals surface area contributed by atoms with Crippen LogP contribution in [0.3, 0.4) is 0 Å². The minimum Gasteiger partial charge on any atom is -0.294 e.